The molecule has 1 heterocycles. The van der Waals surface area contributed by atoms with Crippen molar-refractivity contribution in [3.05, 3.63) is 108 Å². The Morgan fingerprint density at radius 1 is 0.829 bits per heavy atom. The lowest BCUT2D eigenvalue weighted by Gasteiger charge is -2.20. The molecule has 0 amide bonds. The van der Waals surface area contributed by atoms with Crippen LogP contribution < -0.4 is 0 Å². The predicted molar refractivity (Wildman–Crippen MR) is 157 cm³/mol. The largest absolute Gasteiger partial charge is 0.481 e. The van der Waals surface area contributed by atoms with Crippen LogP contribution in [0.1, 0.15) is 60.6 Å². The number of hydrogen-bond donors (Lipinski definition) is 3. The molecular formula is C34H36FNO5. The van der Waals surface area contributed by atoms with Crippen LogP contribution in [0.15, 0.2) is 84.9 Å². The van der Waals surface area contributed by atoms with E-state index < -0.39 is 24.6 Å². The van der Waals surface area contributed by atoms with Crippen LogP contribution in [-0.2, 0) is 17.8 Å². The molecule has 1 aromatic heterocycles. The Bertz CT molecular complexity index is 1460. The van der Waals surface area contributed by atoms with Crippen molar-refractivity contribution in [3.63, 3.8) is 0 Å². The van der Waals surface area contributed by atoms with Crippen molar-refractivity contribution in [1.82, 2.24) is 4.57 Å². The highest BCUT2D eigenvalue weighted by Gasteiger charge is 2.30. The number of aliphatic carboxylic acids is 1. The summed E-state index contributed by atoms with van der Waals surface area (Å²) in [6.45, 7) is 4.34. The summed E-state index contributed by atoms with van der Waals surface area (Å²) in [7, 11) is 0. The third kappa shape index (κ3) is 7.37. The third-order valence-electron chi connectivity index (χ3n) is 7.16. The van der Waals surface area contributed by atoms with Gasteiger partial charge < -0.3 is 19.9 Å². The summed E-state index contributed by atoms with van der Waals surface area (Å²) < 4.78 is 16.0. The monoisotopic (exact) mass is 557 g/mol. The molecule has 0 spiro atoms. The molecule has 0 aliphatic rings. The minimum Gasteiger partial charge on any atom is -0.481 e. The van der Waals surface area contributed by atoms with Gasteiger partial charge in [0.05, 0.1) is 24.3 Å². The van der Waals surface area contributed by atoms with E-state index in [9.17, 15) is 24.2 Å². The molecule has 214 valence electrons. The summed E-state index contributed by atoms with van der Waals surface area (Å²) in [6.07, 6.45) is -2.24. The molecule has 3 N–H and O–H groups in total. The van der Waals surface area contributed by atoms with Gasteiger partial charge in [-0.15, -0.1) is 0 Å². The molecule has 4 rings (SSSR count). The van der Waals surface area contributed by atoms with E-state index >= 15 is 0 Å². The molecule has 0 fully saturated rings. The van der Waals surface area contributed by atoms with Gasteiger partial charge in [-0.25, -0.2) is 4.39 Å². The van der Waals surface area contributed by atoms with E-state index in [2.05, 4.69) is 0 Å². The molecule has 7 heteroatoms. The SMILES string of the molecule is CC(C)c1c(C(=O)Cc2ccccc2)c(-c2ccccc2)c(-c2ccc(F)cc2)n1CC[C@@H](O)CC(O)CC(=O)O. The van der Waals surface area contributed by atoms with Gasteiger partial charge in [-0.2, -0.15) is 0 Å². The first-order valence-corrected chi connectivity index (χ1v) is 13.9. The van der Waals surface area contributed by atoms with Crippen molar-refractivity contribution in [1.29, 1.82) is 0 Å². The Labute approximate surface area is 239 Å². The number of carbonyl (C=O) groups excluding carboxylic acids is 1. The van der Waals surface area contributed by atoms with Gasteiger partial charge in [-0.1, -0.05) is 74.5 Å². The van der Waals surface area contributed by atoms with Gasteiger partial charge in [0.15, 0.2) is 5.78 Å². The number of carboxylic acids is 1. The summed E-state index contributed by atoms with van der Waals surface area (Å²) in [4.78, 5) is 25.1. The van der Waals surface area contributed by atoms with Gasteiger partial charge in [-0.3, -0.25) is 9.59 Å². The molecule has 41 heavy (non-hydrogen) atoms. The fourth-order valence-electron chi connectivity index (χ4n) is 5.41. The molecule has 0 bridgehead atoms. The average molecular weight is 558 g/mol. The van der Waals surface area contributed by atoms with Crippen molar-refractivity contribution in [2.24, 2.45) is 0 Å². The molecule has 0 aliphatic carbocycles. The number of hydrogen-bond acceptors (Lipinski definition) is 4. The molecule has 1 unspecified atom stereocenters. The van der Waals surface area contributed by atoms with E-state index in [1.54, 1.807) is 12.1 Å². The standard InChI is InChI=1S/C34H36FNO5/c1-22(2)33-32(29(39)19-23-9-5-3-6-10-23)31(24-11-7-4-8-12-24)34(25-13-15-26(35)16-14-25)36(33)18-17-27(37)20-28(38)21-30(40)41/h3-16,22,27-28,37-38H,17-21H2,1-2H3,(H,40,41)/t27-,28?/m1/s1. The zero-order valence-corrected chi connectivity index (χ0v) is 23.3. The first-order valence-electron chi connectivity index (χ1n) is 13.9. The topological polar surface area (TPSA) is 99.8 Å². The van der Waals surface area contributed by atoms with Gasteiger partial charge in [0.1, 0.15) is 5.82 Å². The van der Waals surface area contributed by atoms with Crippen LogP contribution in [0.2, 0.25) is 0 Å². The molecule has 0 radical (unpaired) electrons. The Hall–Kier alpha value is -4.07. The van der Waals surface area contributed by atoms with E-state index in [0.29, 0.717) is 12.1 Å². The number of aromatic nitrogens is 1. The molecule has 2 atom stereocenters. The minimum absolute atomic E-state index is 0.0432. The number of Topliss-reactive ketones (excluding diaryl/α,β-unsaturated/α-hetero) is 1. The molecule has 6 nitrogen and oxygen atoms in total. The van der Waals surface area contributed by atoms with Gasteiger partial charge in [0.2, 0.25) is 0 Å². The zero-order valence-electron chi connectivity index (χ0n) is 23.3. The molecule has 3 aromatic carbocycles. The van der Waals surface area contributed by atoms with Gasteiger partial charge in [-0.05, 0) is 59.7 Å². The van der Waals surface area contributed by atoms with Crippen LogP contribution in [0, 0.1) is 5.82 Å². The summed E-state index contributed by atoms with van der Waals surface area (Å²) >= 11 is 0. The number of nitrogens with zero attached hydrogens (tertiary/aromatic N) is 1. The highest BCUT2D eigenvalue weighted by molar-refractivity contribution is 6.08. The fourth-order valence-corrected chi connectivity index (χ4v) is 5.41. The number of aliphatic hydroxyl groups excluding tert-OH is 2. The smallest absolute Gasteiger partial charge is 0.305 e. The highest BCUT2D eigenvalue weighted by atomic mass is 19.1. The first-order chi connectivity index (χ1) is 19.7. The van der Waals surface area contributed by atoms with E-state index in [1.807, 2.05) is 79.1 Å². The van der Waals surface area contributed by atoms with E-state index in [1.165, 1.54) is 12.1 Å². The maximum atomic E-state index is 14.2. The van der Waals surface area contributed by atoms with Crippen molar-refractivity contribution >= 4 is 11.8 Å². The number of rotatable bonds is 13. The van der Waals surface area contributed by atoms with Gasteiger partial charge in [0.25, 0.3) is 0 Å². The summed E-state index contributed by atoms with van der Waals surface area (Å²) in [5.74, 6) is -1.63. The molecule has 4 aromatic rings. The average Bonchev–Trinajstić information content (AvgIpc) is 3.28. The Kier molecular flexibility index (Phi) is 9.86. The second-order valence-corrected chi connectivity index (χ2v) is 10.7. The number of carboxylic acid groups (broad SMARTS) is 1. The Balaban J connectivity index is 1.89. The minimum atomic E-state index is -1.17. The third-order valence-corrected chi connectivity index (χ3v) is 7.16. The maximum absolute atomic E-state index is 14.2. The molecular weight excluding hydrogens is 521 g/mol. The summed E-state index contributed by atoms with van der Waals surface area (Å²) in [5.41, 5.74) is 5.37. The lowest BCUT2D eigenvalue weighted by Crippen LogP contribution is -2.22. The van der Waals surface area contributed by atoms with Crippen LogP contribution in [0.3, 0.4) is 0 Å². The predicted octanol–water partition coefficient (Wildman–Crippen LogP) is 6.49. The van der Waals surface area contributed by atoms with Gasteiger partial charge in [0, 0.05) is 29.8 Å². The van der Waals surface area contributed by atoms with E-state index in [0.717, 1.165) is 33.6 Å². The van der Waals surface area contributed by atoms with Crippen molar-refractivity contribution in [2.45, 2.75) is 64.2 Å². The van der Waals surface area contributed by atoms with E-state index in [4.69, 9.17) is 5.11 Å². The van der Waals surface area contributed by atoms with Crippen LogP contribution in [0.5, 0.6) is 0 Å². The van der Waals surface area contributed by atoms with Crippen LogP contribution >= 0.6 is 0 Å². The van der Waals surface area contributed by atoms with Crippen LogP contribution in [0.25, 0.3) is 22.4 Å². The van der Waals surface area contributed by atoms with Crippen LogP contribution in [0.4, 0.5) is 4.39 Å². The second-order valence-electron chi connectivity index (χ2n) is 10.7. The number of benzene rings is 3. The summed E-state index contributed by atoms with van der Waals surface area (Å²) in [5, 5.41) is 29.8. The normalized spacial score (nSPS) is 12.8. The Morgan fingerprint density at radius 2 is 1.44 bits per heavy atom. The fraction of sp³-hybridized carbons (Fsp3) is 0.294. The quantitative estimate of drug-likeness (QED) is 0.163. The van der Waals surface area contributed by atoms with E-state index in [-0.39, 0.29) is 36.8 Å². The number of carbonyl (C=O) groups is 2. The zero-order chi connectivity index (χ0) is 29.5. The maximum Gasteiger partial charge on any atom is 0.305 e. The van der Waals surface area contributed by atoms with Crippen molar-refractivity contribution in [2.75, 3.05) is 0 Å². The summed E-state index contributed by atoms with van der Waals surface area (Å²) in [6, 6.07) is 25.3. The number of halogens is 1. The molecule has 0 saturated carbocycles. The second kappa shape index (κ2) is 13.5. The number of ketones is 1. The lowest BCUT2D eigenvalue weighted by molar-refractivity contribution is -0.139. The Morgan fingerprint density at radius 3 is 2.02 bits per heavy atom. The van der Waals surface area contributed by atoms with Gasteiger partial charge >= 0.3 is 5.97 Å². The van der Waals surface area contributed by atoms with Crippen molar-refractivity contribution < 1.29 is 29.3 Å². The highest BCUT2D eigenvalue weighted by Crippen LogP contribution is 2.43. The van der Waals surface area contributed by atoms with Crippen LogP contribution in [-0.4, -0.2) is 43.8 Å². The lowest BCUT2D eigenvalue weighted by atomic mass is 9.90. The molecule has 0 aliphatic heterocycles. The first kappa shape index (κ1) is 29.9. The number of aliphatic hydroxyl groups is 2. The van der Waals surface area contributed by atoms with Crippen molar-refractivity contribution in [3.8, 4) is 22.4 Å². The molecule has 0 saturated heterocycles.